The van der Waals surface area contributed by atoms with Gasteiger partial charge in [0.1, 0.15) is 11.3 Å². The summed E-state index contributed by atoms with van der Waals surface area (Å²) in [6.45, 7) is 6.28. The molecule has 3 heterocycles. The SMILES string of the molecule is Cc1cccc(Cn2nc(C)c(NC(=O)c3cnn4c(C(F)F)cc(-c5ccccc5)nc34)c2C)c1. The Morgan fingerprint density at radius 1 is 1.03 bits per heavy atom. The first kappa shape index (κ1) is 23.3. The summed E-state index contributed by atoms with van der Waals surface area (Å²) in [5.41, 5.74) is 5.08. The molecule has 0 aliphatic rings. The molecular formula is C27H24F2N6O. The highest BCUT2D eigenvalue weighted by Gasteiger charge is 2.23. The van der Waals surface area contributed by atoms with E-state index in [4.69, 9.17) is 0 Å². The van der Waals surface area contributed by atoms with E-state index >= 15 is 0 Å². The Balaban J connectivity index is 1.50. The van der Waals surface area contributed by atoms with Crippen LogP contribution in [-0.4, -0.2) is 30.3 Å². The molecule has 0 fully saturated rings. The molecule has 0 unspecified atom stereocenters. The van der Waals surface area contributed by atoms with Gasteiger partial charge in [-0.2, -0.15) is 10.2 Å². The van der Waals surface area contributed by atoms with E-state index in [1.807, 2.05) is 49.7 Å². The molecule has 0 bridgehead atoms. The Morgan fingerprint density at radius 2 is 1.81 bits per heavy atom. The summed E-state index contributed by atoms with van der Waals surface area (Å²) in [4.78, 5) is 17.8. The molecule has 5 aromatic rings. The van der Waals surface area contributed by atoms with Gasteiger partial charge in [-0.25, -0.2) is 18.3 Å². The molecule has 0 saturated carbocycles. The smallest absolute Gasteiger partial charge is 0.280 e. The average Bonchev–Trinajstić information content (AvgIpc) is 3.40. The molecule has 36 heavy (non-hydrogen) atoms. The van der Waals surface area contributed by atoms with Gasteiger partial charge in [-0.1, -0.05) is 60.2 Å². The highest BCUT2D eigenvalue weighted by atomic mass is 19.3. The van der Waals surface area contributed by atoms with Gasteiger partial charge in [-0.05, 0) is 32.4 Å². The van der Waals surface area contributed by atoms with Gasteiger partial charge in [0.05, 0.1) is 35.5 Å². The maximum Gasteiger partial charge on any atom is 0.280 e. The van der Waals surface area contributed by atoms with E-state index < -0.39 is 12.3 Å². The third-order valence-electron chi connectivity index (χ3n) is 6.07. The summed E-state index contributed by atoms with van der Waals surface area (Å²) in [6, 6.07) is 18.4. The van der Waals surface area contributed by atoms with Gasteiger partial charge in [-0.3, -0.25) is 9.48 Å². The number of nitrogens with one attached hydrogen (secondary N) is 1. The van der Waals surface area contributed by atoms with Crippen molar-refractivity contribution in [3.05, 3.63) is 101 Å². The lowest BCUT2D eigenvalue weighted by Crippen LogP contribution is -2.14. The lowest BCUT2D eigenvalue weighted by atomic mass is 10.1. The predicted octanol–water partition coefficient (Wildman–Crippen LogP) is 5.76. The molecule has 0 radical (unpaired) electrons. The number of hydrogen-bond acceptors (Lipinski definition) is 4. The van der Waals surface area contributed by atoms with Crippen LogP contribution in [0.2, 0.25) is 0 Å². The minimum Gasteiger partial charge on any atom is -0.319 e. The quantitative estimate of drug-likeness (QED) is 0.331. The van der Waals surface area contributed by atoms with Gasteiger partial charge in [0.25, 0.3) is 12.3 Å². The first-order valence-electron chi connectivity index (χ1n) is 11.4. The second kappa shape index (κ2) is 9.33. The standard InChI is InChI=1S/C27H24F2N6O/c1-16-8-7-9-19(12-16)15-34-18(3)24(17(2)33-34)32-27(36)21-14-30-35-23(25(28)29)13-22(31-26(21)35)20-10-5-4-6-11-20/h4-14,25H,15H2,1-3H3,(H,32,36). The molecule has 0 atom stereocenters. The van der Waals surface area contributed by atoms with Crippen LogP contribution in [0.25, 0.3) is 16.9 Å². The number of aromatic nitrogens is 5. The number of halogens is 2. The fourth-order valence-corrected chi connectivity index (χ4v) is 4.25. The topological polar surface area (TPSA) is 77.1 Å². The summed E-state index contributed by atoms with van der Waals surface area (Å²) < 4.78 is 30.6. The molecule has 0 spiro atoms. The van der Waals surface area contributed by atoms with Gasteiger partial charge in [0.2, 0.25) is 0 Å². The Hall–Kier alpha value is -4.40. The molecule has 9 heteroatoms. The fraction of sp³-hybridized carbons (Fsp3) is 0.185. The molecular weight excluding hydrogens is 462 g/mol. The Labute approximate surface area is 206 Å². The summed E-state index contributed by atoms with van der Waals surface area (Å²) in [5, 5.41) is 11.5. The van der Waals surface area contributed by atoms with Crippen LogP contribution in [0.3, 0.4) is 0 Å². The zero-order valence-corrected chi connectivity index (χ0v) is 20.0. The number of anilines is 1. The van der Waals surface area contributed by atoms with Crippen LogP contribution in [0.5, 0.6) is 0 Å². The fourth-order valence-electron chi connectivity index (χ4n) is 4.25. The van der Waals surface area contributed by atoms with Crippen LogP contribution in [-0.2, 0) is 6.54 Å². The van der Waals surface area contributed by atoms with Crippen LogP contribution < -0.4 is 5.32 Å². The highest BCUT2D eigenvalue weighted by Crippen LogP contribution is 2.28. The lowest BCUT2D eigenvalue weighted by Gasteiger charge is -2.09. The van der Waals surface area contributed by atoms with Crippen molar-refractivity contribution >= 4 is 17.2 Å². The van der Waals surface area contributed by atoms with Crippen molar-refractivity contribution in [2.45, 2.75) is 33.7 Å². The number of aryl methyl sites for hydroxylation is 2. The normalized spacial score (nSPS) is 11.4. The summed E-state index contributed by atoms with van der Waals surface area (Å²) in [7, 11) is 0. The first-order valence-corrected chi connectivity index (χ1v) is 11.4. The van der Waals surface area contributed by atoms with Crippen LogP contribution >= 0.6 is 0 Å². The summed E-state index contributed by atoms with van der Waals surface area (Å²) >= 11 is 0. The molecule has 0 aliphatic heterocycles. The predicted molar refractivity (Wildman–Crippen MR) is 133 cm³/mol. The molecule has 5 rings (SSSR count). The minimum atomic E-state index is -2.79. The van der Waals surface area contributed by atoms with Crippen LogP contribution in [0, 0.1) is 20.8 Å². The Bertz CT molecular complexity index is 1570. The molecule has 3 aromatic heterocycles. The number of benzene rings is 2. The summed E-state index contributed by atoms with van der Waals surface area (Å²) in [5.74, 6) is -0.496. The first-order chi connectivity index (χ1) is 17.3. The molecule has 1 N–H and O–H groups in total. The number of carbonyl (C=O) groups is 1. The van der Waals surface area contributed by atoms with Crippen LogP contribution in [0.1, 0.15) is 45.0 Å². The zero-order valence-electron chi connectivity index (χ0n) is 20.0. The summed E-state index contributed by atoms with van der Waals surface area (Å²) in [6.07, 6.45) is -1.53. The number of alkyl halides is 2. The molecule has 0 aliphatic carbocycles. The minimum absolute atomic E-state index is 0.0617. The molecule has 182 valence electrons. The second-order valence-corrected chi connectivity index (χ2v) is 8.67. The van der Waals surface area contributed by atoms with Gasteiger partial charge < -0.3 is 5.32 Å². The molecule has 2 aromatic carbocycles. The van der Waals surface area contributed by atoms with E-state index in [9.17, 15) is 13.6 Å². The number of nitrogens with zero attached hydrogens (tertiary/aromatic N) is 5. The van der Waals surface area contributed by atoms with Crippen molar-refractivity contribution in [2.24, 2.45) is 0 Å². The molecule has 1 amide bonds. The number of hydrogen-bond donors (Lipinski definition) is 1. The van der Waals surface area contributed by atoms with Crippen LogP contribution in [0.4, 0.5) is 14.5 Å². The van der Waals surface area contributed by atoms with Crippen molar-refractivity contribution in [1.29, 1.82) is 0 Å². The van der Waals surface area contributed by atoms with E-state index in [1.54, 1.807) is 24.3 Å². The number of amides is 1. The zero-order chi connectivity index (χ0) is 25.4. The van der Waals surface area contributed by atoms with Gasteiger partial charge >= 0.3 is 0 Å². The Kier molecular flexibility index (Phi) is 6.05. The van der Waals surface area contributed by atoms with Gasteiger partial charge in [-0.15, -0.1) is 0 Å². The van der Waals surface area contributed by atoms with Crippen LogP contribution in [0.15, 0.2) is 66.9 Å². The van der Waals surface area contributed by atoms with Gasteiger partial charge in [0, 0.05) is 5.56 Å². The molecule has 7 nitrogen and oxygen atoms in total. The van der Waals surface area contributed by atoms with E-state index in [-0.39, 0.29) is 16.9 Å². The monoisotopic (exact) mass is 486 g/mol. The van der Waals surface area contributed by atoms with Crippen molar-refractivity contribution in [3.63, 3.8) is 0 Å². The average molecular weight is 487 g/mol. The van der Waals surface area contributed by atoms with Crippen molar-refractivity contribution < 1.29 is 13.6 Å². The third-order valence-corrected chi connectivity index (χ3v) is 6.07. The van der Waals surface area contributed by atoms with Crippen molar-refractivity contribution in [3.8, 4) is 11.3 Å². The maximum absolute atomic E-state index is 13.9. The van der Waals surface area contributed by atoms with Gasteiger partial charge in [0.15, 0.2) is 5.65 Å². The lowest BCUT2D eigenvalue weighted by molar-refractivity contribution is 0.102. The van der Waals surface area contributed by atoms with E-state index in [0.29, 0.717) is 29.2 Å². The number of carbonyl (C=O) groups excluding carboxylic acids is 1. The van der Waals surface area contributed by atoms with Crippen molar-refractivity contribution in [2.75, 3.05) is 5.32 Å². The van der Waals surface area contributed by atoms with E-state index in [1.165, 1.54) is 12.3 Å². The maximum atomic E-state index is 13.9. The van der Waals surface area contributed by atoms with Crippen molar-refractivity contribution in [1.82, 2.24) is 24.4 Å². The third kappa shape index (κ3) is 4.35. The Morgan fingerprint density at radius 3 is 2.53 bits per heavy atom. The van der Waals surface area contributed by atoms with E-state index in [2.05, 4.69) is 26.6 Å². The van der Waals surface area contributed by atoms with E-state index in [0.717, 1.165) is 21.3 Å². The molecule has 0 saturated heterocycles. The second-order valence-electron chi connectivity index (χ2n) is 8.67. The highest BCUT2D eigenvalue weighted by molar-refractivity contribution is 6.08. The largest absolute Gasteiger partial charge is 0.319 e. The number of fused-ring (bicyclic) bond motifs is 1. The number of rotatable bonds is 6.